The molecule has 0 radical (unpaired) electrons. The minimum atomic E-state index is -4.87. The Hall–Kier alpha value is -1.23. The van der Waals surface area contributed by atoms with Gasteiger partial charge < -0.3 is 5.32 Å². The maximum Gasteiger partial charge on any atom is 0.471 e. The number of alkyl halides is 4. The molecule has 1 aromatic rings. The Balaban J connectivity index is 1.66. The van der Waals surface area contributed by atoms with E-state index in [1.165, 1.54) is 0 Å². The van der Waals surface area contributed by atoms with Crippen LogP contribution < -0.4 is 5.32 Å². The minimum Gasteiger partial charge on any atom is -0.341 e. The lowest BCUT2D eigenvalue weighted by atomic mass is 9.50. The number of carbonyl (C=O) groups is 1. The van der Waals surface area contributed by atoms with Gasteiger partial charge in [-0.2, -0.15) is 13.2 Å². The van der Waals surface area contributed by atoms with E-state index < -0.39 is 18.1 Å². The van der Waals surface area contributed by atoms with Crippen molar-refractivity contribution in [3.05, 3.63) is 35.9 Å². The average molecular weight is 372 g/mol. The molecule has 4 aliphatic rings. The highest BCUT2D eigenvalue weighted by Crippen LogP contribution is 2.62. The van der Waals surface area contributed by atoms with Crippen LogP contribution >= 0.6 is 11.6 Å². The summed E-state index contributed by atoms with van der Waals surface area (Å²) in [5, 5.41) is 2.31. The Morgan fingerprint density at radius 3 is 2.24 bits per heavy atom. The fraction of sp³-hybridized carbons (Fsp3) is 0.632. The van der Waals surface area contributed by atoms with Crippen molar-refractivity contribution < 1.29 is 18.0 Å². The van der Waals surface area contributed by atoms with E-state index >= 15 is 0 Å². The molecule has 0 spiro atoms. The molecule has 1 amide bonds. The summed E-state index contributed by atoms with van der Waals surface area (Å²) in [5.41, 5.74) is 0.751. The first-order valence-corrected chi connectivity index (χ1v) is 9.24. The Labute approximate surface area is 150 Å². The molecule has 0 aromatic heterocycles. The molecule has 4 saturated carbocycles. The van der Waals surface area contributed by atoms with Crippen molar-refractivity contribution in [1.29, 1.82) is 0 Å². The Morgan fingerprint density at radius 2 is 1.72 bits per heavy atom. The highest BCUT2D eigenvalue weighted by molar-refractivity contribution is 6.24. The van der Waals surface area contributed by atoms with Crippen LogP contribution in [0.25, 0.3) is 0 Å². The monoisotopic (exact) mass is 371 g/mol. The van der Waals surface area contributed by atoms with E-state index in [0.717, 1.165) is 37.7 Å². The summed E-state index contributed by atoms with van der Waals surface area (Å²) in [7, 11) is 0. The van der Waals surface area contributed by atoms with Crippen molar-refractivity contribution in [3.8, 4) is 0 Å². The molecule has 1 N–H and O–H groups in total. The number of carbonyl (C=O) groups excluding carboxylic acids is 1. The number of rotatable bonds is 3. The zero-order chi connectivity index (χ0) is 17.8. The summed E-state index contributed by atoms with van der Waals surface area (Å²) in [5.74, 6) is -0.682. The third-order valence-electron chi connectivity index (χ3n) is 6.36. The van der Waals surface area contributed by atoms with Crippen LogP contribution in [0.1, 0.15) is 43.7 Å². The van der Waals surface area contributed by atoms with Gasteiger partial charge in [0.15, 0.2) is 0 Å². The topological polar surface area (TPSA) is 29.1 Å². The van der Waals surface area contributed by atoms with Crippen molar-refractivity contribution in [2.75, 3.05) is 0 Å². The minimum absolute atomic E-state index is 0.0251. The van der Waals surface area contributed by atoms with Gasteiger partial charge in [-0.25, -0.2) is 0 Å². The molecule has 25 heavy (non-hydrogen) atoms. The van der Waals surface area contributed by atoms with Crippen LogP contribution in [0.2, 0.25) is 0 Å². The van der Waals surface area contributed by atoms with Crippen LogP contribution in [-0.2, 0) is 4.79 Å². The molecule has 0 aliphatic heterocycles. The standard InChI is InChI=1S/C19H21ClF3NO/c20-18-8-11-6-13(9-18)15(14(7-11)10-18)16(12-4-2-1-3-5-12)24-17(25)19(21,22)23/h1-5,11,13-16H,6-10H2,(H,24,25)/t11?,13-,14?,15?,16+,18?/m0/s1. The Morgan fingerprint density at radius 1 is 1.12 bits per heavy atom. The van der Waals surface area contributed by atoms with Gasteiger partial charge in [0, 0.05) is 4.87 Å². The highest BCUT2D eigenvalue weighted by Gasteiger charge is 2.57. The molecule has 2 nitrogen and oxygen atoms in total. The summed E-state index contributed by atoms with van der Waals surface area (Å²) in [6.07, 6.45) is -0.123. The second kappa shape index (κ2) is 5.90. The highest BCUT2D eigenvalue weighted by atomic mass is 35.5. The van der Waals surface area contributed by atoms with Crippen LogP contribution in [0, 0.1) is 23.7 Å². The third-order valence-corrected chi connectivity index (χ3v) is 6.82. The molecule has 1 aromatic carbocycles. The summed E-state index contributed by atoms with van der Waals surface area (Å²) < 4.78 is 38.6. The lowest BCUT2D eigenvalue weighted by molar-refractivity contribution is -0.176. The predicted molar refractivity (Wildman–Crippen MR) is 89.0 cm³/mol. The van der Waals surface area contributed by atoms with E-state index in [1.807, 2.05) is 18.2 Å². The van der Waals surface area contributed by atoms with Crippen LogP contribution in [0.4, 0.5) is 13.2 Å². The summed E-state index contributed by atoms with van der Waals surface area (Å²) in [6, 6.07) is 8.45. The molecule has 6 atom stereocenters. The Bertz CT molecular complexity index is 646. The molecule has 136 valence electrons. The predicted octanol–water partition coefficient (Wildman–Crippen LogP) is 4.84. The summed E-state index contributed by atoms with van der Waals surface area (Å²) in [6.45, 7) is 0. The smallest absolute Gasteiger partial charge is 0.341 e. The molecular formula is C19H21ClF3NO. The van der Waals surface area contributed by atoms with E-state index in [0.29, 0.717) is 5.92 Å². The van der Waals surface area contributed by atoms with E-state index in [9.17, 15) is 18.0 Å². The van der Waals surface area contributed by atoms with Gasteiger partial charge in [0.2, 0.25) is 0 Å². The third kappa shape index (κ3) is 3.16. The lowest BCUT2D eigenvalue weighted by Crippen LogP contribution is -2.56. The van der Waals surface area contributed by atoms with Crippen LogP contribution in [0.5, 0.6) is 0 Å². The van der Waals surface area contributed by atoms with Gasteiger partial charge in [0.1, 0.15) is 0 Å². The summed E-state index contributed by atoms with van der Waals surface area (Å²) >= 11 is 6.76. The number of halogens is 4. The van der Waals surface area contributed by atoms with E-state index in [1.54, 1.807) is 12.1 Å². The number of nitrogens with one attached hydrogen (secondary N) is 1. The zero-order valence-corrected chi connectivity index (χ0v) is 14.5. The number of amides is 1. The maximum absolute atomic E-state index is 12.9. The zero-order valence-electron chi connectivity index (χ0n) is 13.7. The van der Waals surface area contributed by atoms with Crippen LogP contribution in [-0.4, -0.2) is 17.0 Å². The molecule has 0 saturated heterocycles. The Kier molecular flexibility index (Phi) is 4.06. The number of benzene rings is 1. The maximum atomic E-state index is 12.9. The fourth-order valence-corrected chi connectivity index (χ4v) is 6.41. The lowest BCUT2D eigenvalue weighted by Gasteiger charge is -2.59. The first-order chi connectivity index (χ1) is 11.8. The average Bonchev–Trinajstić information content (AvgIpc) is 2.51. The van der Waals surface area contributed by atoms with Gasteiger partial charge >= 0.3 is 12.1 Å². The largest absolute Gasteiger partial charge is 0.471 e. The number of hydrogen-bond donors (Lipinski definition) is 1. The van der Waals surface area contributed by atoms with Gasteiger partial charge in [-0.15, -0.1) is 11.6 Å². The molecule has 4 fully saturated rings. The molecular weight excluding hydrogens is 351 g/mol. The van der Waals surface area contributed by atoms with Gasteiger partial charge in [-0.05, 0) is 61.3 Å². The molecule has 5 rings (SSSR count). The molecule has 0 heterocycles. The SMILES string of the molecule is O=C(N[C@H](c1ccccc1)C1C2CC3C[C@H]1CC(Cl)(C3)C2)C(F)(F)F. The van der Waals surface area contributed by atoms with Crippen molar-refractivity contribution in [2.24, 2.45) is 23.7 Å². The van der Waals surface area contributed by atoms with E-state index in [-0.39, 0.29) is 22.6 Å². The quantitative estimate of drug-likeness (QED) is 0.757. The van der Waals surface area contributed by atoms with E-state index in [4.69, 9.17) is 11.6 Å². The fourth-order valence-electron chi connectivity index (χ4n) is 5.79. The molecule has 4 bridgehead atoms. The van der Waals surface area contributed by atoms with Crippen LogP contribution in [0.15, 0.2) is 30.3 Å². The first kappa shape index (κ1) is 17.2. The van der Waals surface area contributed by atoms with Crippen molar-refractivity contribution in [1.82, 2.24) is 5.32 Å². The van der Waals surface area contributed by atoms with Gasteiger partial charge in [-0.3, -0.25) is 4.79 Å². The second-order valence-corrected chi connectivity index (χ2v) is 8.86. The first-order valence-electron chi connectivity index (χ1n) is 8.87. The van der Waals surface area contributed by atoms with Gasteiger partial charge in [0.25, 0.3) is 0 Å². The normalized spacial score (nSPS) is 37.8. The van der Waals surface area contributed by atoms with Crippen molar-refractivity contribution in [2.45, 2.75) is 49.2 Å². The van der Waals surface area contributed by atoms with Crippen molar-refractivity contribution >= 4 is 17.5 Å². The van der Waals surface area contributed by atoms with Gasteiger partial charge in [0.05, 0.1) is 6.04 Å². The van der Waals surface area contributed by atoms with Gasteiger partial charge in [-0.1, -0.05) is 30.3 Å². The molecule has 4 aliphatic carbocycles. The molecule has 6 heteroatoms. The molecule has 4 unspecified atom stereocenters. The van der Waals surface area contributed by atoms with Crippen LogP contribution in [0.3, 0.4) is 0 Å². The van der Waals surface area contributed by atoms with Crippen molar-refractivity contribution in [3.63, 3.8) is 0 Å². The second-order valence-electron chi connectivity index (χ2n) is 8.06. The number of hydrogen-bond acceptors (Lipinski definition) is 1. The summed E-state index contributed by atoms with van der Waals surface area (Å²) in [4.78, 5) is 11.5. The van der Waals surface area contributed by atoms with E-state index in [2.05, 4.69) is 5.32 Å².